The Hall–Kier alpha value is -2.44. The highest BCUT2D eigenvalue weighted by Crippen LogP contribution is 2.28. The van der Waals surface area contributed by atoms with E-state index in [-0.39, 0.29) is 24.8 Å². The first-order valence-corrected chi connectivity index (χ1v) is 8.91. The van der Waals surface area contributed by atoms with E-state index in [1.807, 2.05) is 37.3 Å². The van der Waals surface area contributed by atoms with Crippen molar-refractivity contribution in [3.8, 4) is 0 Å². The fourth-order valence-corrected chi connectivity index (χ4v) is 3.47. The normalized spacial score (nSPS) is 10.6. The number of nitrogens with zero attached hydrogens (tertiary/aromatic N) is 1. The molecule has 0 fully saturated rings. The van der Waals surface area contributed by atoms with Gasteiger partial charge in [-0.3, -0.25) is 9.59 Å². The van der Waals surface area contributed by atoms with Gasteiger partial charge in [0.2, 0.25) is 5.91 Å². The number of nitrogens with one attached hydrogen (secondary N) is 2. The molecule has 0 aliphatic rings. The van der Waals surface area contributed by atoms with Crippen LogP contribution in [0.4, 0.5) is 5.13 Å². The fraction of sp³-hybridized carbons (Fsp3) is 0.167. The summed E-state index contributed by atoms with van der Waals surface area (Å²) in [5.41, 5.74) is 2.39. The van der Waals surface area contributed by atoms with E-state index in [4.69, 9.17) is 11.6 Å². The van der Waals surface area contributed by atoms with Crippen molar-refractivity contribution in [1.29, 1.82) is 0 Å². The Morgan fingerprint density at radius 3 is 2.84 bits per heavy atom. The van der Waals surface area contributed by atoms with Crippen molar-refractivity contribution in [2.24, 2.45) is 0 Å². The molecule has 0 saturated carbocycles. The molecule has 2 amide bonds. The number of amides is 2. The number of carbonyl (C=O) groups is 2. The lowest BCUT2D eigenvalue weighted by Crippen LogP contribution is -2.27. The summed E-state index contributed by atoms with van der Waals surface area (Å²) in [6.45, 7) is 2.19. The minimum Gasteiger partial charge on any atom is -0.352 e. The van der Waals surface area contributed by atoms with Crippen LogP contribution < -0.4 is 10.6 Å². The average Bonchev–Trinajstić information content (AvgIpc) is 2.95. The predicted molar refractivity (Wildman–Crippen MR) is 101 cm³/mol. The standard InChI is InChI=1S/C18H16ClN3O2S/c1-11-3-2-4-12(9-11)17(24)20-8-7-16(23)22-18-21-14-6-5-13(19)10-15(14)25-18/h2-6,9-10H,7-8H2,1H3,(H,20,24)(H,21,22,23). The molecule has 128 valence electrons. The zero-order valence-corrected chi connectivity index (χ0v) is 15.1. The zero-order chi connectivity index (χ0) is 17.8. The highest BCUT2D eigenvalue weighted by molar-refractivity contribution is 7.22. The molecular formula is C18H16ClN3O2S. The highest BCUT2D eigenvalue weighted by Gasteiger charge is 2.10. The number of hydrogen-bond acceptors (Lipinski definition) is 4. The quantitative estimate of drug-likeness (QED) is 0.709. The molecule has 1 heterocycles. The summed E-state index contributed by atoms with van der Waals surface area (Å²) in [6, 6.07) is 12.7. The molecule has 3 aromatic rings. The van der Waals surface area contributed by atoms with Gasteiger partial charge < -0.3 is 10.6 Å². The number of hydrogen-bond donors (Lipinski definition) is 2. The van der Waals surface area contributed by atoms with Gasteiger partial charge in [-0.15, -0.1) is 0 Å². The molecule has 0 unspecified atom stereocenters. The summed E-state index contributed by atoms with van der Waals surface area (Å²) in [6.07, 6.45) is 0.175. The molecular weight excluding hydrogens is 358 g/mol. The Morgan fingerprint density at radius 1 is 1.20 bits per heavy atom. The minimum absolute atomic E-state index is 0.175. The Kier molecular flexibility index (Phi) is 5.31. The van der Waals surface area contributed by atoms with Gasteiger partial charge in [-0.1, -0.05) is 40.6 Å². The third-order valence-electron chi connectivity index (χ3n) is 3.51. The number of anilines is 1. The van der Waals surface area contributed by atoms with Gasteiger partial charge in [0.05, 0.1) is 10.2 Å². The molecule has 0 bridgehead atoms. The molecule has 1 aromatic heterocycles. The number of aromatic nitrogens is 1. The van der Waals surface area contributed by atoms with Crippen LogP contribution in [0.5, 0.6) is 0 Å². The lowest BCUT2D eigenvalue weighted by Gasteiger charge is -2.05. The van der Waals surface area contributed by atoms with Gasteiger partial charge in [-0.2, -0.15) is 0 Å². The van der Waals surface area contributed by atoms with Crippen LogP contribution in [-0.4, -0.2) is 23.3 Å². The summed E-state index contributed by atoms with van der Waals surface area (Å²) in [7, 11) is 0. The lowest BCUT2D eigenvalue weighted by molar-refractivity contribution is -0.116. The van der Waals surface area contributed by atoms with Crippen LogP contribution in [0.25, 0.3) is 10.2 Å². The molecule has 0 atom stereocenters. The molecule has 5 nitrogen and oxygen atoms in total. The van der Waals surface area contributed by atoms with Crippen LogP contribution in [0.1, 0.15) is 22.3 Å². The first-order chi connectivity index (χ1) is 12.0. The Labute approximate surface area is 154 Å². The van der Waals surface area contributed by atoms with E-state index >= 15 is 0 Å². The summed E-state index contributed by atoms with van der Waals surface area (Å²) in [4.78, 5) is 28.4. The van der Waals surface area contributed by atoms with Gasteiger partial charge in [-0.05, 0) is 37.3 Å². The second-order valence-corrected chi connectivity index (χ2v) is 7.02. The van der Waals surface area contributed by atoms with Crippen molar-refractivity contribution in [3.63, 3.8) is 0 Å². The number of halogens is 1. The van der Waals surface area contributed by atoms with E-state index in [9.17, 15) is 9.59 Å². The largest absolute Gasteiger partial charge is 0.352 e. The zero-order valence-electron chi connectivity index (χ0n) is 13.5. The lowest BCUT2D eigenvalue weighted by atomic mass is 10.1. The SMILES string of the molecule is Cc1cccc(C(=O)NCCC(=O)Nc2nc3ccc(Cl)cc3s2)c1. The molecule has 3 rings (SSSR count). The monoisotopic (exact) mass is 373 g/mol. The Balaban J connectivity index is 1.51. The molecule has 0 radical (unpaired) electrons. The van der Waals surface area contributed by atoms with Crippen LogP contribution in [-0.2, 0) is 4.79 Å². The third kappa shape index (κ3) is 4.55. The highest BCUT2D eigenvalue weighted by atomic mass is 35.5. The van der Waals surface area contributed by atoms with E-state index in [2.05, 4.69) is 15.6 Å². The van der Waals surface area contributed by atoms with Gasteiger partial charge in [0.15, 0.2) is 5.13 Å². The molecule has 2 N–H and O–H groups in total. The first kappa shape index (κ1) is 17.4. The van der Waals surface area contributed by atoms with Crippen LogP contribution >= 0.6 is 22.9 Å². The smallest absolute Gasteiger partial charge is 0.251 e. The molecule has 0 aliphatic carbocycles. The maximum Gasteiger partial charge on any atom is 0.251 e. The maximum atomic E-state index is 12.0. The van der Waals surface area contributed by atoms with Gasteiger partial charge in [0.1, 0.15) is 0 Å². The van der Waals surface area contributed by atoms with Crippen LogP contribution in [0.3, 0.4) is 0 Å². The van der Waals surface area contributed by atoms with Gasteiger partial charge in [0, 0.05) is 23.6 Å². The third-order valence-corrected chi connectivity index (χ3v) is 4.68. The van der Waals surface area contributed by atoms with Crippen LogP contribution in [0, 0.1) is 6.92 Å². The minimum atomic E-state index is -0.199. The van der Waals surface area contributed by atoms with Crippen molar-refractivity contribution in [2.45, 2.75) is 13.3 Å². The number of rotatable bonds is 5. The number of fused-ring (bicyclic) bond motifs is 1. The van der Waals surface area contributed by atoms with E-state index in [1.54, 1.807) is 12.1 Å². The van der Waals surface area contributed by atoms with E-state index < -0.39 is 0 Å². The van der Waals surface area contributed by atoms with Crippen molar-refractivity contribution in [1.82, 2.24) is 10.3 Å². The summed E-state index contributed by atoms with van der Waals surface area (Å²) in [5.74, 6) is -0.388. The summed E-state index contributed by atoms with van der Waals surface area (Å²) in [5, 5.41) is 6.64. The number of benzene rings is 2. The number of thiazole rings is 1. The van der Waals surface area contributed by atoms with Crippen LogP contribution in [0.15, 0.2) is 42.5 Å². The van der Waals surface area contributed by atoms with Crippen molar-refractivity contribution < 1.29 is 9.59 Å². The number of aryl methyl sites for hydroxylation is 1. The van der Waals surface area contributed by atoms with Crippen LogP contribution in [0.2, 0.25) is 5.02 Å². The molecule has 0 saturated heterocycles. The summed E-state index contributed by atoms with van der Waals surface area (Å²) < 4.78 is 0.913. The first-order valence-electron chi connectivity index (χ1n) is 7.72. The van der Waals surface area contributed by atoms with Crippen molar-refractivity contribution in [2.75, 3.05) is 11.9 Å². The van der Waals surface area contributed by atoms with E-state index in [1.165, 1.54) is 11.3 Å². The van der Waals surface area contributed by atoms with E-state index in [0.717, 1.165) is 15.8 Å². The maximum absolute atomic E-state index is 12.0. The summed E-state index contributed by atoms with van der Waals surface area (Å²) >= 11 is 7.31. The van der Waals surface area contributed by atoms with E-state index in [0.29, 0.717) is 15.7 Å². The Morgan fingerprint density at radius 2 is 2.04 bits per heavy atom. The number of carbonyl (C=O) groups excluding carboxylic acids is 2. The van der Waals surface area contributed by atoms with Gasteiger partial charge in [-0.25, -0.2) is 4.98 Å². The fourth-order valence-electron chi connectivity index (χ4n) is 2.31. The van der Waals surface area contributed by atoms with Crippen molar-refractivity contribution in [3.05, 3.63) is 58.6 Å². The topological polar surface area (TPSA) is 71.1 Å². The average molecular weight is 374 g/mol. The molecule has 0 spiro atoms. The Bertz CT molecular complexity index is 939. The van der Waals surface area contributed by atoms with Crippen molar-refractivity contribution >= 4 is 50.1 Å². The predicted octanol–water partition coefficient (Wildman–Crippen LogP) is 4.02. The molecule has 2 aromatic carbocycles. The van der Waals surface area contributed by atoms with Gasteiger partial charge in [0.25, 0.3) is 5.91 Å². The molecule has 7 heteroatoms. The molecule has 0 aliphatic heterocycles. The second-order valence-electron chi connectivity index (χ2n) is 5.55. The second kappa shape index (κ2) is 7.63. The molecule has 25 heavy (non-hydrogen) atoms. The van der Waals surface area contributed by atoms with Gasteiger partial charge >= 0.3 is 0 Å².